The molecular formula is C17H26ClNO2. The Labute approximate surface area is 133 Å². The Balaban J connectivity index is 2.55. The van der Waals surface area contributed by atoms with Crippen molar-refractivity contribution in [3.8, 4) is 11.5 Å². The van der Waals surface area contributed by atoms with Crippen LogP contribution in [-0.2, 0) is 6.54 Å². The maximum absolute atomic E-state index is 6.26. The molecule has 0 saturated carbocycles. The molecule has 0 unspecified atom stereocenters. The lowest BCUT2D eigenvalue weighted by molar-refractivity contribution is 0.326. The maximum Gasteiger partial charge on any atom is 0.180 e. The number of hydrogen-bond acceptors (Lipinski definition) is 3. The van der Waals surface area contributed by atoms with Crippen LogP contribution in [0.25, 0.3) is 0 Å². The first-order chi connectivity index (χ1) is 10.2. The summed E-state index contributed by atoms with van der Waals surface area (Å²) in [5, 5.41) is 4.00. The Bertz CT molecular complexity index is 435. The van der Waals surface area contributed by atoms with Gasteiger partial charge in [-0.1, -0.05) is 50.4 Å². The van der Waals surface area contributed by atoms with Crippen LogP contribution in [0, 0.1) is 0 Å². The molecule has 1 N–H and O–H groups in total. The van der Waals surface area contributed by atoms with E-state index in [1.807, 2.05) is 12.1 Å². The van der Waals surface area contributed by atoms with Gasteiger partial charge in [-0.2, -0.15) is 0 Å². The van der Waals surface area contributed by atoms with Gasteiger partial charge < -0.3 is 14.8 Å². The number of rotatable bonds is 11. The van der Waals surface area contributed by atoms with E-state index in [1.165, 1.54) is 25.7 Å². The molecule has 0 heterocycles. The van der Waals surface area contributed by atoms with Crippen molar-refractivity contribution in [1.82, 2.24) is 5.32 Å². The van der Waals surface area contributed by atoms with Crippen molar-refractivity contribution in [2.45, 2.75) is 39.2 Å². The van der Waals surface area contributed by atoms with Crippen LogP contribution >= 0.6 is 11.6 Å². The van der Waals surface area contributed by atoms with E-state index in [2.05, 4.69) is 18.8 Å². The number of unbranched alkanes of at least 4 members (excludes halogenated alkanes) is 3. The van der Waals surface area contributed by atoms with Gasteiger partial charge in [0, 0.05) is 6.54 Å². The molecule has 1 aromatic rings. The average Bonchev–Trinajstić information content (AvgIpc) is 2.49. The topological polar surface area (TPSA) is 30.5 Å². The van der Waals surface area contributed by atoms with Crippen LogP contribution in [0.2, 0.25) is 5.02 Å². The molecular weight excluding hydrogens is 286 g/mol. The van der Waals surface area contributed by atoms with Crippen LogP contribution in [0.1, 0.15) is 38.2 Å². The van der Waals surface area contributed by atoms with Crippen LogP contribution in [0.5, 0.6) is 11.5 Å². The Morgan fingerprint density at radius 1 is 1.29 bits per heavy atom. The minimum atomic E-state index is 0.408. The molecule has 0 aliphatic heterocycles. The van der Waals surface area contributed by atoms with Crippen molar-refractivity contribution in [3.63, 3.8) is 0 Å². The van der Waals surface area contributed by atoms with E-state index in [1.54, 1.807) is 13.2 Å². The molecule has 3 nitrogen and oxygen atoms in total. The molecule has 0 spiro atoms. The third-order valence-electron chi connectivity index (χ3n) is 3.17. The fourth-order valence-electron chi connectivity index (χ4n) is 2.07. The van der Waals surface area contributed by atoms with Crippen molar-refractivity contribution in [2.24, 2.45) is 0 Å². The van der Waals surface area contributed by atoms with Gasteiger partial charge in [-0.15, -0.1) is 0 Å². The van der Waals surface area contributed by atoms with Gasteiger partial charge in [-0.3, -0.25) is 0 Å². The Morgan fingerprint density at radius 3 is 2.76 bits per heavy atom. The molecule has 118 valence electrons. The van der Waals surface area contributed by atoms with Gasteiger partial charge in [0.05, 0.1) is 12.1 Å². The van der Waals surface area contributed by atoms with E-state index >= 15 is 0 Å². The predicted molar refractivity (Wildman–Crippen MR) is 89.5 cm³/mol. The van der Waals surface area contributed by atoms with Crippen LogP contribution in [0.3, 0.4) is 0 Å². The smallest absolute Gasteiger partial charge is 0.180 e. The normalized spacial score (nSPS) is 10.4. The lowest BCUT2D eigenvalue weighted by Gasteiger charge is -2.13. The fraction of sp³-hybridized carbons (Fsp3) is 0.529. The molecule has 0 amide bonds. The van der Waals surface area contributed by atoms with Gasteiger partial charge in [0.2, 0.25) is 0 Å². The molecule has 0 saturated heterocycles. The molecule has 0 atom stereocenters. The van der Waals surface area contributed by atoms with Gasteiger partial charge in [0.1, 0.15) is 6.61 Å². The summed E-state index contributed by atoms with van der Waals surface area (Å²) in [6, 6.07) is 3.88. The second kappa shape index (κ2) is 10.5. The van der Waals surface area contributed by atoms with Crippen molar-refractivity contribution < 1.29 is 9.47 Å². The summed E-state index contributed by atoms with van der Waals surface area (Å²) in [6.07, 6.45) is 6.73. The highest BCUT2D eigenvalue weighted by Crippen LogP contribution is 2.36. The van der Waals surface area contributed by atoms with E-state index in [4.69, 9.17) is 21.1 Å². The number of benzene rings is 1. The molecule has 0 aromatic heterocycles. The van der Waals surface area contributed by atoms with E-state index in [0.29, 0.717) is 23.1 Å². The van der Waals surface area contributed by atoms with Gasteiger partial charge in [0.15, 0.2) is 11.5 Å². The summed E-state index contributed by atoms with van der Waals surface area (Å²) in [5.41, 5.74) is 1.10. The second-order valence-electron chi connectivity index (χ2n) is 4.95. The molecule has 4 heteroatoms. The molecule has 21 heavy (non-hydrogen) atoms. The van der Waals surface area contributed by atoms with Crippen LogP contribution < -0.4 is 14.8 Å². The van der Waals surface area contributed by atoms with Gasteiger partial charge >= 0.3 is 0 Å². The zero-order valence-corrected chi connectivity index (χ0v) is 13.8. The minimum absolute atomic E-state index is 0.408. The number of halogens is 1. The lowest BCUT2D eigenvalue weighted by atomic mass is 10.2. The van der Waals surface area contributed by atoms with E-state index in [-0.39, 0.29) is 0 Å². The van der Waals surface area contributed by atoms with Crippen LogP contribution in [-0.4, -0.2) is 20.3 Å². The van der Waals surface area contributed by atoms with Crippen LogP contribution in [0.15, 0.2) is 24.8 Å². The third kappa shape index (κ3) is 6.40. The SMILES string of the molecule is C=CCOc1c(Cl)cc(CNCCCCCC)cc1OC. The Hall–Kier alpha value is -1.19. The molecule has 0 aliphatic carbocycles. The minimum Gasteiger partial charge on any atom is -0.493 e. The highest BCUT2D eigenvalue weighted by Gasteiger charge is 2.11. The van der Waals surface area contributed by atoms with Crippen LogP contribution in [0.4, 0.5) is 0 Å². The maximum atomic E-state index is 6.26. The summed E-state index contributed by atoms with van der Waals surface area (Å²) in [7, 11) is 1.62. The summed E-state index contributed by atoms with van der Waals surface area (Å²) in [5.74, 6) is 1.23. The molecule has 1 aromatic carbocycles. The summed E-state index contributed by atoms with van der Waals surface area (Å²) in [4.78, 5) is 0. The van der Waals surface area contributed by atoms with E-state index in [9.17, 15) is 0 Å². The highest BCUT2D eigenvalue weighted by molar-refractivity contribution is 6.32. The summed E-state index contributed by atoms with van der Waals surface area (Å²) >= 11 is 6.26. The van der Waals surface area contributed by atoms with Gasteiger partial charge in [0.25, 0.3) is 0 Å². The van der Waals surface area contributed by atoms with Crippen molar-refractivity contribution in [1.29, 1.82) is 0 Å². The lowest BCUT2D eigenvalue weighted by Crippen LogP contribution is -2.14. The van der Waals surface area contributed by atoms with Gasteiger partial charge in [-0.05, 0) is 30.7 Å². The Morgan fingerprint density at radius 2 is 2.10 bits per heavy atom. The van der Waals surface area contributed by atoms with E-state index in [0.717, 1.165) is 18.7 Å². The molecule has 0 aliphatic rings. The molecule has 0 bridgehead atoms. The zero-order chi connectivity index (χ0) is 15.5. The van der Waals surface area contributed by atoms with Crippen molar-refractivity contribution >= 4 is 11.6 Å². The first kappa shape index (κ1) is 17.9. The Kier molecular flexibility index (Phi) is 8.95. The van der Waals surface area contributed by atoms with Gasteiger partial charge in [-0.25, -0.2) is 0 Å². The van der Waals surface area contributed by atoms with Crippen molar-refractivity contribution in [3.05, 3.63) is 35.4 Å². The molecule has 0 radical (unpaired) electrons. The largest absolute Gasteiger partial charge is 0.493 e. The summed E-state index contributed by atoms with van der Waals surface area (Å²) < 4.78 is 10.9. The number of hydrogen-bond donors (Lipinski definition) is 1. The zero-order valence-electron chi connectivity index (χ0n) is 13.1. The summed E-state index contributed by atoms with van der Waals surface area (Å²) in [6.45, 7) is 8.06. The molecule has 0 fully saturated rings. The fourth-order valence-corrected chi connectivity index (χ4v) is 2.35. The third-order valence-corrected chi connectivity index (χ3v) is 3.45. The van der Waals surface area contributed by atoms with Crippen molar-refractivity contribution in [2.75, 3.05) is 20.3 Å². The highest BCUT2D eigenvalue weighted by atomic mass is 35.5. The predicted octanol–water partition coefficient (Wildman–Crippen LogP) is 4.58. The number of nitrogens with one attached hydrogen (secondary N) is 1. The first-order valence-corrected chi connectivity index (χ1v) is 7.91. The second-order valence-corrected chi connectivity index (χ2v) is 5.35. The average molecular weight is 312 g/mol. The number of ether oxygens (including phenoxy) is 2. The standard InChI is InChI=1S/C17H26ClNO2/c1-4-6-7-8-9-19-13-14-11-15(18)17(21-10-5-2)16(12-14)20-3/h5,11-12,19H,2,4,6-10,13H2,1,3H3. The quantitative estimate of drug-likeness (QED) is 0.479. The molecule has 1 rings (SSSR count). The van der Waals surface area contributed by atoms with E-state index < -0.39 is 0 Å². The number of methoxy groups -OCH3 is 1. The monoisotopic (exact) mass is 311 g/mol. The first-order valence-electron chi connectivity index (χ1n) is 7.53.